The number of non-ortho nitro benzene ring substituents is 1. The second kappa shape index (κ2) is 7.93. The van der Waals surface area contributed by atoms with Gasteiger partial charge < -0.3 is 10.1 Å². The molecule has 0 bridgehead atoms. The first-order chi connectivity index (χ1) is 11.1. The average Bonchev–Trinajstić information content (AvgIpc) is 2.56. The van der Waals surface area contributed by atoms with Crippen molar-refractivity contribution in [2.24, 2.45) is 0 Å². The Morgan fingerprint density at radius 1 is 1.22 bits per heavy atom. The second-order valence-corrected chi connectivity index (χ2v) is 4.96. The van der Waals surface area contributed by atoms with E-state index < -0.39 is 10.8 Å². The summed E-state index contributed by atoms with van der Waals surface area (Å²) in [5.74, 6) is -0.0936. The fourth-order valence-electron chi connectivity index (χ4n) is 1.98. The van der Waals surface area contributed by atoms with Crippen molar-refractivity contribution in [2.75, 3.05) is 11.9 Å². The van der Waals surface area contributed by atoms with E-state index in [-0.39, 0.29) is 11.3 Å². The number of para-hydroxylation sites is 1. The molecule has 0 saturated carbocycles. The van der Waals surface area contributed by atoms with Crippen molar-refractivity contribution in [1.29, 1.82) is 0 Å². The van der Waals surface area contributed by atoms with Crippen molar-refractivity contribution < 1.29 is 14.5 Å². The third-order valence-electron chi connectivity index (χ3n) is 3.21. The maximum absolute atomic E-state index is 12.4. The van der Waals surface area contributed by atoms with Crippen LogP contribution in [0.1, 0.15) is 30.1 Å². The normalized spacial score (nSPS) is 10.1. The first-order valence-corrected chi connectivity index (χ1v) is 7.39. The third kappa shape index (κ3) is 4.54. The van der Waals surface area contributed by atoms with Crippen LogP contribution in [-0.4, -0.2) is 17.4 Å². The molecule has 0 radical (unpaired) electrons. The summed E-state index contributed by atoms with van der Waals surface area (Å²) < 4.78 is 5.59. The molecule has 2 rings (SSSR count). The van der Waals surface area contributed by atoms with Crippen LogP contribution in [0.3, 0.4) is 0 Å². The van der Waals surface area contributed by atoms with Crippen LogP contribution < -0.4 is 10.1 Å². The van der Waals surface area contributed by atoms with Gasteiger partial charge in [-0.05, 0) is 24.6 Å². The van der Waals surface area contributed by atoms with Crippen molar-refractivity contribution >= 4 is 17.3 Å². The number of rotatable bonds is 7. The number of nitro groups is 1. The molecule has 120 valence electrons. The van der Waals surface area contributed by atoms with E-state index in [4.69, 9.17) is 4.74 Å². The van der Waals surface area contributed by atoms with Gasteiger partial charge in [-0.25, -0.2) is 0 Å². The Kier molecular flexibility index (Phi) is 5.68. The molecule has 1 amide bonds. The van der Waals surface area contributed by atoms with Gasteiger partial charge in [0.05, 0.1) is 17.1 Å². The smallest absolute Gasteiger partial charge is 0.270 e. The fourth-order valence-corrected chi connectivity index (χ4v) is 1.98. The molecule has 1 N–H and O–H groups in total. The Bertz CT molecular complexity index is 686. The Labute approximate surface area is 134 Å². The minimum atomic E-state index is -0.533. The molecule has 0 aliphatic carbocycles. The summed E-state index contributed by atoms with van der Waals surface area (Å²) >= 11 is 0. The number of ether oxygens (including phenoxy) is 1. The van der Waals surface area contributed by atoms with Crippen LogP contribution in [0.4, 0.5) is 11.4 Å². The quantitative estimate of drug-likeness (QED) is 0.475. The molecule has 6 heteroatoms. The largest absolute Gasteiger partial charge is 0.493 e. The van der Waals surface area contributed by atoms with E-state index in [1.165, 1.54) is 18.2 Å². The SMILES string of the molecule is CCCCOc1ccc([N+](=O)[O-])cc1C(=O)Nc1ccccc1. The number of amides is 1. The number of hydrogen-bond donors (Lipinski definition) is 1. The van der Waals surface area contributed by atoms with Gasteiger partial charge >= 0.3 is 0 Å². The lowest BCUT2D eigenvalue weighted by atomic mass is 10.1. The van der Waals surface area contributed by atoms with Gasteiger partial charge in [-0.3, -0.25) is 14.9 Å². The molecule has 0 atom stereocenters. The zero-order chi connectivity index (χ0) is 16.7. The number of nitrogens with zero attached hydrogens (tertiary/aromatic N) is 1. The topological polar surface area (TPSA) is 81.5 Å². The summed E-state index contributed by atoms with van der Waals surface area (Å²) in [6.45, 7) is 2.49. The highest BCUT2D eigenvalue weighted by atomic mass is 16.6. The lowest BCUT2D eigenvalue weighted by Crippen LogP contribution is -2.14. The van der Waals surface area contributed by atoms with Gasteiger partial charge in [0, 0.05) is 17.8 Å². The van der Waals surface area contributed by atoms with Crippen molar-refractivity contribution in [2.45, 2.75) is 19.8 Å². The van der Waals surface area contributed by atoms with Gasteiger partial charge in [0.25, 0.3) is 11.6 Å². The Morgan fingerprint density at radius 2 is 1.96 bits per heavy atom. The second-order valence-electron chi connectivity index (χ2n) is 4.96. The molecule has 0 fully saturated rings. The van der Waals surface area contributed by atoms with Crippen LogP contribution in [0.5, 0.6) is 5.75 Å². The van der Waals surface area contributed by atoms with Crippen molar-refractivity contribution in [3.05, 3.63) is 64.2 Å². The van der Waals surface area contributed by atoms with Crippen molar-refractivity contribution in [1.82, 2.24) is 0 Å². The van der Waals surface area contributed by atoms with Crippen LogP contribution in [0, 0.1) is 10.1 Å². The Morgan fingerprint density at radius 3 is 2.61 bits per heavy atom. The fraction of sp³-hybridized carbons (Fsp3) is 0.235. The first kappa shape index (κ1) is 16.5. The minimum Gasteiger partial charge on any atom is -0.493 e. The van der Waals surface area contributed by atoms with Crippen molar-refractivity contribution in [3.8, 4) is 5.75 Å². The maximum atomic E-state index is 12.4. The highest BCUT2D eigenvalue weighted by molar-refractivity contribution is 6.06. The Balaban J connectivity index is 2.26. The number of carbonyl (C=O) groups excluding carboxylic acids is 1. The summed E-state index contributed by atoms with van der Waals surface area (Å²) in [6, 6.07) is 12.9. The average molecular weight is 314 g/mol. The number of nitrogens with one attached hydrogen (secondary N) is 1. The van der Waals surface area contributed by atoms with Gasteiger partial charge in [-0.1, -0.05) is 31.5 Å². The molecule has 23 heavy (non-hydrogen) atoms. The monoisotopic (exact) mass is 314 g/mol. The summed E-state index contributed by atoms with van der Waals surface area (Å²) in [7, 11) is 0. The van der Waals surface area contributed by atoms with E-state index in [1.54, 1.807) is 24.3 Å². The first-order valence-electron chi connectivity index (χ1n) is 7.39. The van der Waals surface area contributed by atoms with Gasteiger partial charge in [-0.15, -0.1) is 0 Å². The molecule has 2 aromatic carbocycles. The number of carbonyl (C=O) groups is 1. The van der Waals surface area contributed by atoms with Crippen LogP contribution in [0.2, 0.25) is 0 Å². The van der Waals surface area contributed by atoms with Gasteiger partial charge in [0.15, 0.2) is 0 Å². The van der Waals surface area contributed by atoms with E-state index >= 15 is 0 Å². The summed E-state index contributed by atoms with van der Waals surface area (Å²) in [5, 5.41) is 13.7. The number of nitro benzene ring substituents is 1. The molecule has 0 aliphatic rings. The van der Waals surface area contributed by atoms with Crippen LogP contribution in [-0.2, 0) is 0 Å². The zero-order valence-corrected chi connectivity index (χ0v) is 12.8. The van der Waals surface area contributed by atoms with E-state index in [0.717, 1.165) is 12.8 Å². The molecule has 0 saturated heterocycles. The van der Waals surface area contributed by atoms with Crippen LogP contribution in [0.25, 0.3) is 0 Å². The summed E-state index contributed by atoms with van der Waals surface area (Å²) in [4.78, 5) is 22.8. The zero-order valence-electron chi connectivity index (χ0n) is 12.8. The predicted molar refractivity (Wildman–Crippen MR) is 87.9 cm³/mol. The predicted octanol–water partition coefficient (Wildman–Crippen LogP) is 4.03. The third-order valence-corrected chi connectivity index (χ3v) is 3.21. The summed E-state index contributed by atoms with van der Waals surface area (Å²) in [6.07, 6.45) is 1.80. The highest BCUT2D eigenvalue weighted by Gasteiger charge is 2.18. The van der Waals surface area contributed by atoms with Gasteiger partial charge in [0.2, 0.25) is 0 Å². The molecule has 0 spiro atoms. The standard InChI is InChI=1S/C17H18N2O4/c1-2-3-11-23-16-10-9-14(19(21)22)12-15(16)17(20)18-13-7-5-4-6-8-13/h4-10,12H,2-3,11H2,1H3,(H,18,20). The number of hydrogen-bond acceptors (Lipinski definition) is 4. The molecule has 0 aliphatic heterocycles. The molecule has 6 nitrogen and oxygen atoms in total. The number of unbranched alkanes of at least 4 members (excludes halogenated alkanes) is 1. The number of benzene rings is 2. The van der Waals surface area contributed by atoms with Crippen molar-refractivity contribution in [3.63, 3.8) is 0 Å². The molecule has 2 aromatic rings. The Hall–Kier alpha value is -2.89. The molecular weight excluding hydrogens is 296 g/mol. The lowest BCUT2D eigenvalue weighted by molar-refractivity contribution is -0.384. The maximum Gasteiger partial charge on any atom is 0.270 e. The molecule has 0 heterocycles. The molecular formula is C17H18N2O4. The number of anilines is 1. The van der Waals surface area contributed by atoms with Crippen LogP contribution in [0.15, 0.2) is 48.5 Å². The van der Waals surface area contributed by atoms with Gasteiger partial charge in [0.1, 0.15) is 5.75 Å². The molecule has 0 aromatic heterocycles. The summed E-state index contributed by atoms with van der Waals surface area (Å²) in [5.41, 5.74) is 0.619. The highest BCUT2D eigenvalue weighted by Crippen LogP contribution is 2.25. The van der Waals surface area contributed by atoms with Crippen LogP contribution >= 0.6 is 0 Å². The van der Waals surface area contributed by atoms with E-state index in [0.29, 0.717) is 18.0 Å². The van der Waals surface area contributed by atoms with E-state index in [1.807, 2.05) is 13.0 Å². The minimum absolute atomic E-state index is 0.147. The molecule has 0 unspecified atom stereocenters. The lowest BCUT2D eigenvalue weighted by Gasteiger charge is -2.11. The van der Waals surface area contributed by atoms with E-state index in [2.05, 4.69) is 5.32 Å². The van der Waals surface area contributed by atoms with Gasteiger partial charge in [-0.2, -0.15) is 0 Å². The van der Waals surface area contributed by atoms with E-state index in [9.17, 15) is 14.9 Å².